The lowest BCUT2D eigenvalue weighted by Crippen LogP contribution is -2.10. The van der Waals surface area contributed by atoms with E-state index in [1.165, 1.54) is 11.8 Å². The Morgan fingerprint density at radius 1 is 1.77 bits per heavy atom. The summed E-state index contributed by atoms with van der Waals surface area (Å²) in [5.74, 6) is 5.75. The zero-order valence-electron chi connectivity index (χ0n) is 7.47. The third-order valence-corrected chi connectivity index (χ3v) is 2.48. The summed E-state index contributed by atoms with van der Waals surface area (Å²) in [4.78, 5) is 4.03. The van der Waals surface area contributed by atoms with E-state index in [2.05, 4.69) is 21.6 Å². The van der Waals surface area contributed by atoms with E-state index >= 15 is 0 Å². The van der Waals surface area contributed by atoms with Gasteiger partial charge in [0.25, 0.3) is 0 Å². The Hall–Kier alpha value is -1.17. The number of thioether (sulfide) groups is 1. The Kier molecular flexibility index (Phi) is 3.63. The summed E-state index contributed by atoms with van der Waals surface area (Å²) in [6.45, 7) is 2.98. The third-order valence-electron chi connectivity index (χ3n) is 1.63. The summed E-state index contributed by atoms with van der Waals surface area (Å²) >= 11 is 1.41. The molecule has 4 N–H and O–H groups in total. The molecule has 0 fully saturated rings. The molecule has 0 saturated carbocycles. The van der Waals surface area contributed by atoms with Crippen LogP contribution < -0.4 is 11.6 Å². The first-order valence-electron chi connectivity index (χ1n) is 3.93. The van der Waals surface area contributed by atoms with E-state index in [0.717, 1.165) is 18.0 Å². The van der Waals surface area contributed by atoms with Crippen LogP contribution in [0.4, 0.5) is 0 Å². The normalized spacial score (nSPS) is 11.9. The van der Waals surface area contributed by atoms with Crippen molar-refractivity contribution in [2.75, 3.05) is 0 Å². The molecule has 13 heavy (non-hydrogen) atoms. The summed E-state index contributed by atoms with van der Waals surface area (Å²) in [6.07, 6.45) is 3.62. The number of imidazole rings is 1. The summed E-state index contributed by atoms with van der Waals surface area (Å²) in [7, 11) is 0. The number of hydrazone groups is 1. The van der Waals surface area contributed by atoms with Crippen LogP contribution in [0.1, 0.15) is 12.6 Å². The molecule has 0 unspecified atom stereocenters. The molecular formula is C7H13N5S. The number of hydrogen-bond acceptors (Lipinski definition) is 4. The molecule has 1 aromatic rings. The summed E-state index contributed by atoms with van der Waals surface area (Å²) in [5.41, 5.74) is 6.56. The van der Waals surface area contributed by atoms with Crippen LogP contribution in [0.2, 0.25) is 0 Å². The predicted octanol–water partition coefficient (Wildman–Crippen LogP) is 0.325. The SMILES string of the molecule is CCn1cncc1CSC(N)=NN. The van der Waals surface area contributed by atoms with Gasteiger partial charge in [0.15, 0.2) is 5.17 Å². The molecule has 0 spiro atoms. The number of aryl methyl sites for hydroxylation is 1. The predicted molar refractivity (Wildman–Crippen MR) is 55.0 cm³/mol. The number of aromatic nitrogens is 2. The van der Waals surface area contributed by atoms with Gasteiger partial charge in [0.05, 0.1) is 6.33 Å². The first kappa shape index (κ1) is 9.91. The lowest BCUT2D eigenvalue weighted by atomic mass is 10.5. The van der Waals surface area contributed by atoms with E-state index in [9.17, 15) is 0 Å². The van der Waals surface area contributed by atoms with Gasteiger partial charge in [0.1, 0.15) is 0 Å². The van der Waals surface area contributed by atoms with Crippen LogP contribution in [0.25, 0.3) is 0 Å². The summed E-state index contributed by atoms with van der Waals surface area (Å²) in [6, 6.07) is 0. The topological polar surface area (TPSA) is 82.2 Å². The first-order chi connectivity index (χ1) is 6.27. The monoisotopic (exact) mass is 199 g/mol. The van der Waals surface area contributed by atoms with Gasteiger partial charge in [-0.15, -0.1) is 0 Å². The second kappa shape index (κ2) is 4.76. The molecule has 6 heteroatoms. The molecule has 0 aliphatic heterocycles. The molecule has 0 aliphatic rings. The maximum atomic E-state index is 5.44. The number of nitrogens with zero attached hydrogens (tertiary/aromatic N) is 3. The van der Waals surface area contributed by atoms with Crippen LogP contribution in [-0.4, -0.2) is 14.7 Å². The van der Waals surface area contributed by atoms with Crippen molar-refractivity contribution >= 4 is 16.9 Å². The summed E-state index contributed by atoms with van der Waals surface area (Å²) < 4.78 is 2.05. The Morgan fingerprint density at radius 3 is 3.15 bits per heavy atom. The van der Waals surface area contributed by atoms with E-state index in [1.807, 2.05) is 6.20 Å². The molecule has 0 bridgehead atoms. The Morgan fingerprint density at radius 2 is 2.54 bits per heavy atom. The molecule has 0 radical (unpaired) electrons. The third kappa shape index (κ3) is 2.66. The fourth-order valence-corrected chi connectivity index (χ4v) is 1.55. The van der Waals surface area contributed by atoms with Gasteiger partial charge >= 0.3 is 0 Å². The van der Waals surface area contributed by atoms with Gasteiger partial charge in [-0.2, -0.15) is 5.10 Å². The highest BCUT2D eigenvalue weighted by Gasteiger charge is 2.01. The molecule has 0 aromatic carbocycles. The number of rotatable bonds is 3. The first-order valence-corrected chi connectivity index (χ1v) is 4.91. The van der Waals surface area contributed by atoms with E-state index < -0.39 is 0 Å². The van der Waals surface area contributed by atoms with Gasteiger partial charge in [-0.05, 0) is 6.92 Å². The number of hydrogen-bond donors (Lipinski definition) is 2. The highest BCUT2D eigenvalue weighted by molar-refractivity contribution is 8.13. The second-order valence-corrected chi connectivity index (χ2v) is 3.42. The Balaban J connectivity index is 2.54. The largest absolute Gasteiger partial charge is 0.377 e. The quantitative estimate of drug-likeness (QED) is 0.318. The minimum Gasteiger partial charge on any atom is -0.377 e. The van der Waals surface area contributed by atoms with E-state index in [0.29, 0.717) is 5.17 Å². The Bertz CT molecular complexity index is 293. The van der Waals surface area contributed by atoms with Crippen molar-refractivity contribution < 1.29 is 0 Å². The fourth-order valence-electron chi connectivity index (χ4n) is 0.938. The van der Waals surface area contributed by atoms with Crippen molar-refractivity contribution in [3.63, 3.8) is 0 Å². The minimum atomic E-state index is 0.392. The molecule has 0 amide bonds. The molecule has 1 aromatic heterocycles. The van der Waals surface area contributed by atoms with Crippen molar-refractivity contribution in [3.8, 4) is 0 Å². The van der Waals surface area contributed by atoms with Gasteiger partial charge < -0.3 is 16.1 Å². The average molecular weight is 199 g/mol. The van der Waals surface area contributed by atoms with Crippen LogP contribution in [0.5, 0.6) is 0 Å². The zero-order chi connectivity index (χ0) is 9.68. The average Bonchev–Trinajstić information content (AvgIpc) is 2.61. The number of amidine groups is 1. The highest BCUT2D eigenvalue weighted by atomic mass is 32.2. The van der Waals surface area contributed by atoms with Gasteiger partial charge in [0, 0.05) is 24.2 Å². The Labute approximate surface area is 81.2 Å². The molecule has 1 rings (SSSR count). The van der Waals surface area contributed by atoms with Crippen molar-refractivity contribution in [2.45, 2.75) is 19.2 Å². The van der Waals surface area contributed by atoms with Crippen molar-refractivity contribution in [1.82, 2.24) is 9.55 Å². The molecule has 1 heterocycles. The molecular weight excluding hydrogens is 186 g/mol. The molecule has 72 valence electrons. The minimum absolute atomic E-state index is 0.392. The molecule has 0 aliphatic carbocycles. The van der Waals surface area contributed by atoms with Crippen molar-refractivity contribution in [3.05, 3.63) is 18.2 Å². The van der Waals surface area contributed by atoms with E-state index in [1.54, 1.807) is 6.33 Å². The van der Waals surface area contributed by atoms with Crippen molar-refractivity contribution in [2.24, 2.45) is 16.7 Å². The van der Waals surface area contributed by atoms with Gasteiger partial charge in [0.2, 0.25) is 0 Å². The van der Waals surface area contributed by atoms with Gasteiger partial charge in [-0.25, -0.2) is 4.98 Å². The molecule has 5 nitrogen and oxygen atoms in total. The second-order valence-electron chi connectivity index (χ2n) is 2.43. The fraction of sp³-hybridized carbons (Fsp3) is 0.429. The highest BCUT2D eigenvalue weighted by Crippen LogP contribution is 2.10. The van der Waals surface area contributed by atoms with Gasteiger partial charge in [-0.3, -0.25) is 0 Å². The molecule has 0 saturated heterocycles. The summed E-state index contributed by atoms with van der Waals surface area (Å²) in [5, 5.41) is 3.76. The zero-order valence-corrected chi connectivity index (χ0v) is 8.29. The lowest BCUT2D eigenvalue weighted by molar-refractivity contribution is 0.734. The standard InChI is InChI=1S/C7H13N5S/c1-2-12-5-10-3-6(12)4-13-7(8)11-9/h3,5H,2,4,9H2,1H3,(H2,8,11). The van der Waals surface area contributed by atoms with E-state index in [4.69, 9.17) is 11.6 Å². The maximum Gasteiger partial charge on any atom is 0.177 e. The van der Waals surface area contributed by atoms with Crippen molar-refractivity contribution in [1.29, 1.82) is 0 Å². The smallest absolute Gasteiger partial charge is 0.177 e. The van der Waals surface area contributed by atoms with Crippen LogP contribution in [0.3, 0.4) is 0 Å². The van der Waals surface area contributed by atoms with E-state index in [-0.39, 0.29) is 0 Å². The number of nitrogens with two attached hydrogens (primary N) is 2. The van der Waals surface area contributed by atoms with Crippen LogP contribution in [-0.2, 0) is 12.3 Å². The van der Waals surface area contributed by atoms with Gasteiger partial charge in [-0.1, -0.05) is 11.8 Å². The molecule has 0 atom stereocenters. The van der Waals surface area contributed by atoms with Crippen LogP contribution in [0, 0.1) is 0 Å². The maximum absolute atomic E-state index is 5.44. The van der Waals surface area contributed by atoms with Crippen LogP contribution >= 0.6 is 11.8 Å². The van der Waals surface area contributed by atoms with Crippen LogP contribution in [0.15, 0.2) is 17.6 Å². The lowest BCUT2D eigenvalue weighted by Gasteiger charge is -2.03.